The van der Waals surface area contributed by atoms with Gasteiger partial charge in [0.2, 0.25) is 5.91 Å². The molecule has 2 fully saturated rings. The van der Waals surface area contributed by atoms with Crippen LogP contribution in [-0.2, 0) is 19.1 Å². The molecule has 0 radical (unpaired) electrons. The van der Waals surface area contributed by atoms with E-state index in [2.05, 4.69) is 25.9 Å². The number of methoxy groups -OCH3 is 1. The molecule has 3 atom stereocenters. The number of likely N-dealkylation sites (tertiary alicyclic amines) is 2. The van der Waals surface area contributed by atoms with E-state index in [1.807, 2.05) is 38.1 Å². The highest BCUT2D eigenvalue weighted by molar-refractivity contribution is 7.21. The minimum Gasteiger partial charge on any atom is -0.453 e. The third kappa shape index (κ3) is 8.65. The smallest absolute Gasteiger partial charge is 0.410 e. The van der Waals surface area contributed by atoms with Crippen molar-refractivity contribution >= 4 is 57.3 Å². The average Bonchev–Trinajstić information content (AvgIpc) is 3.95. The Labute approximate surface area is 317 Å². The van der Waals surface area contributed by atoms with Crippen molar-refractivity contribution in [3.63, 3.8) is 0 Å². The van der Waals surface area contributed by atoms with Crippen LogP contribution in [0.2, 0.25) is 0 Å². The number of hydrogen-bond acceptors (Lipinski definition) is 10. The lowest BCUT2D eigenvalue weighted by Gasteiger charge is -2.30. The normalized spacial score (nSPS) is 17.8. The first-order chi connectivity index (χ1) is 25.7. The Bertz CT molecular complexity index is 2040. The quantitative estimate of drug-likeness (QED) is 0.157. The van der Waals surface area contributed by atoms with Gasteiger partial charge in [-0.15, -0.1) is 11.3 Å². The molecule has 4 heterocycles. The number of nitrogens with one attached hydrogen (secondary N) is 4. The average molecular weight is 759 g/mol. The Hall–Kier alpha value is -5.51. The highest BCUT2D eigenvalue weighted by Gasteiger charge is 2.38. The van der Waals surface area contributed by atoms with Crippen molar-refractivity contribution in [1.29, 1.82) is 0 Å². The van der Waals surface area contributed by atoms with Crippen molar-refractivity contribution < 1.29 is 33.4 Å². The molecular formula is C38H46N8O7S. The first-order valence-corrected chi connectivity index (χ1v) is 18.8. The Morgan fingerprint density at radius 1 is 0.963 bits per heavy atom. The molecule has 6 rings (SSSR count). The van der Waals surface area contributed by atoms with E-state index >= 15 is 0 Å². The van der Waals surface area contributed by atoms with Crippen LogP contribution >= 0.6 is 11.3 Å². The van der Waals surface area contributed by atoms with Gasteiger partial charge in [0.25, 0.3) is 5.91 Å². The van der Waals surface area contributed by atoms with E-state index in [1.54, 1.807) is 50.1 Å². The van der Waals surface area contributed by atoms with Gasteiger partial charge in [-0.3, -0.25) is 19.8 Å². The molecule has 54 heavy (non-hydrogen) atoms. The van der Waals surface area contributed by atoms with Gasteiger partial charge in [0, 0.05) is 24.3 Å². The number of fused-ring (bicyclic) bond motifs is 1. The molecular weight excluding hydrogens is 713 g/mol. The maximum Gasteiger partial charge on any atom is 0.410 e. The van der Waals surface area contributed by atoms with Crippen LogP contribution in [0, 0.1) is 5.92 Å². The Balaban J connectivity index is 1.08. The largest absolute Gasteiger partial charge is 0.453 e. The minimum atomic E-state index is -0.784. The number of amides is 6. The zero-order valence-electron chi connectivity index (χ0n) is 31.2. The molecule has 2 aromatic carbocycles. The molecule has 0 aliphatic carbocycles. The molecule has 2 aliphatic heterocycles. The molecule has 2 aliphatic rings. The number of benzene rings is 2. The fourth-order valence-corrected chi connectivity index (χ4v) is 7.71. The fraction of sp³-hybridized carbons (Fsp3) is 0.447. The summed E-state index contributed by atoms with van der Waals surface area (Å²) in [6.45, 7) is 10.0. The first kappa shape index (κ1) is 38.2. The molecule has 16 heteroatoms. The van der Waals surface area contributed by atoms with Crippen molar-refractivity contribution in [3.05, 3.63) is 54.5 Å². The maximum absolute atomic E-state index is 13.5. The van der Waals surface area contributed by atoms with Crippen molar-refractivity contribution in [2.75, 3.05) is 25.5 Å². The standard InChI is InChI=1S/C38H46N8O7S/c1-21(2)30(43-36(50)52-6)34(48)45-17-7-9-27(45)31-39-20-26(41-31)22-11-13-23(14-12-22)33-42-25-16-15-24(19-29(25)54-33)40-35(49)44-32(47)28-10-8-18-46(28)37(51)53-38(3,4)5/h11-16,19-21,27-28,30H,7-10,17-18H2,1-6H3,(H,39,41)(H,43,50)(H2,40,44,47,49)/t27-,28-,30-/m0/s1. The Morgan fingerprint density at radius 3 is 2.37 bits per heavy atom. The summed E-state index contributed by atoms with van der Waals surface area (Å²) in [6.07, 6.45) is 3.21. The lowest BCUT2D eigenvalue weighted by Crippen LogP contribution is -2.51. The molecule has 15 nitrogen and oxygen atoms in total. The lowest BCUT2D eigenvalue weighted by atomic mass is 10.0. The van der Waals surface area contributed by atoms with Gasteiger partial charge >= 0.3 is 18.2 Å². The van der Waals surface area contributed by atoms with Gasteiger partial charge < -0.3 is 30.0 Å². The number of aromatic amines is 1. The van der Waals surface area contributed by atoms with Crippen LogP contribution in [0.15, 0.2) is 48.7 Å². The second kappa shape index (κ2) is 15.8. The number of urea groups is 1. The van der Waals surface area contributed by atoms with Crippen LogP contribution in [0.25, 0.3) is 32.0 Å². The SMILES string of the molecule is COC(=O)N[C@H](C(=O)N1CCC[C@H]1c1ncc(-c2ccc(-c3nc4ccc(NC(=O)NC(=O)[C@@H]5CCCN5C(=O)OC(C)(C)C)cc4s3)cc2)[nH]1)C(C)C. The minimum absolute atomic E-state index is 0.121. The summed E-state index contributed by atoms with van der Waals surface area (Å²) in [4.78, 5) is 79.7. The summed E-state index contributed by atoms with van der Waals surface area (Å²) in [5.41, 5.74) is 3.19. The summed E-state index contributed by atoms with van der Waals surface area (Å²) in [7, 11) is 1.28. The second-order valence-corrected chi connectivity index (χ2v) is 15.8. The number of carbonyl (C=O) groups excluding carboxylic acids is 5. The molecule has 0 bridgehead atoms. The zero-order chi connectivity index (χ0) is 38.7. The van der Waals surface area contributed by atoms with Gasteiger partial charge in [-0.2, -0.15) is 0 Å². The predicted molar refractivity (Wildman–Crippen MR) is 204 cm³/mol. The lowest BCUT2D eigenvalue weighted by molar-refractivity contribution is -0.135. The molecule has 286 valence electrons. The first-order valence-electron chi connectivity index (χ1n) is 18.0. The number of anilines is 1. The summed E-state index contributed by atoms with van der Waals surface area (Å²) in [5, 5.41) is 8.55. The highest BCUT2D eigenvalue weighted by atomic mass is 32.1. The van der Waals surface area contributed by atoms with Crippen molar-refractivity contribution in [2.45, 2.75) is 84.0 Å². The molecule has 2 aromatic heterocycles. The van der Waals surface area contributed by atoms with Gasteiger partial charge in [-0.05, 0) is 76.1 Å². The highest BCUT2D eigenvalue weighted by Crippen LogP contribution is 2.35. The van der Waals surface area contributed by atoms with Crippen molar-refractivity contribution in [2.24, 2.45) is 5.92 Å². The number of thiazole rings is 1. The molecule has 0 saturated carbocycles. The fourth-order valence-electron chi connectivity index (χ4n) is 6.70. The number of carbonyl (C=O) groups is 5. The van der Waals surface area contributed by atoms with Crippen LogP contribution < -0.4 is 16.0 Å². The summed E-state index contributed by atoms with van der Waals surface area (Å²) >= 11 is 1.47. The topological polar surface area (TPSA) is 188 Å². The van der Waals surface area contributed by atoms with Crippen molar-refractivity contribution in [1.82, 2.24) is 35.4 Å². The van der Waals surface area contributed by atoms with Crippen LogP contribution in [0.5, 0.6) is 0 Å². The number of alkyl carbamates (subject to hydrolysis) is 1. The van der Waals surface area contributed by atoms with E-state index < -0.39 is 41.8 Å². The number of nitrogens with zero attached hydrogens (tertiary/aromatic N) is 4. The molecule has 0 spiro atoms. The van der Waals surface area contributed by atoms with E-state index in [0.717, 1.165) is 44.9 Å². The number of imidazole rings is 1. The maximum atomic E-state index is 13.5. The summed E-state index contributed by atoms with van der Waals surface area (Å²) in [6, 6.07) is 10.8. The number of hydrogen-bond donors (Lipinski definition) is 4. The van der Waals surface area contributed by atoms with E-state index in [1.165, 1.54) is 23.3 Å². The third-order valence-electron chi connectivity index (χ3n) is 9.35. The van der Waals surface area contributed by atoms with E-state index in [-0.39, 0.29) is 17.9 Å². The number of H-pyrrole nitrogens is 1. The molecule has 0 unspecified atom stereocenters. The monoisotopic (exact) mass is 758 g/mol. The predicted octanol–water partition coefficient (Wildman–Crippen LogP) is 6.45. The third-order valence-corrected chi connectivity index (χ3v) is 10.4. The van der Waals surface area contributed by atoms with Crippen LogP contribution in [-0.4, -0.2) is 92.7 Å². The molecule has 4 N–H and O–H groups in total. The zero-order valence-corrected chi connectivity index (χ0v) is 32.0. The Kier molecular flexibility index (Phi) is 11.2. The summed E-state index contributed by atoms with van der Waals surface area (Å²) in [5.74, 6) is -0.156. The van der Waals surface area contributed by atoms with Gasteiger partial charge in [0.15, 0.2) is 0 Å². The van der Waals surface area contributed by atoms with E-state index in [9.17, 15) is 24.0 Å². The molecule has 6 amide bonds. The molecule has 2 saturated heterocycles. The van der Waals surface area contributed by atoms with Crippen LogP contribution in [0.3, 0.4) is 0 Å². The number of aromatic nitrogens is 3. The van der Waals surface area contributed by atoms with Crippen molar-refractivity contribution in [3.8, 4) is 21.8 Å². The van der Waals surface area contributed by atoms with Crippen LogP contribution in [0.1, 0.15) is 72.2 Å². The van der Waals surface area contributed by atoms with Gasteiger partial charge in [0.05, 0.1) is 35.3 Å². The number of rotatable bonds is 8. The van der Waals surface area contributed by atoms with Gasteiger partial charge in [0.1, 0.15) is 28.5 Å². The van der Waals surface area contributed by atoms with Gasteiger partial charge in [-0.1, -0.05) is 38.1 Å². The van der Waals surface area contributed by atoms with E-state index in [4.69, 9.17) is 14.5 Å². The number of imide groups is 1. The molecule has 4 aromatic rings. The Morgan fingerprint density at radius 2 is 1.67 bits per heavy atom. The van der Waals surface area contributed by atoms with E-state index in [0.29, 0.717) is 37.4 Å². The van der Waals surface area contributed by atoms with Crippen LogP contribution in [0.4, 0.5) is 20.1 Å². The summed E-state index contributed by atoms with van der Waals surface area (Å²) < 4.78 is 11.0. The van der Waals surface area contributed by atoms with Gasteiger partial charge in [-0.25, -0.2) is 24.4 Å². The second-order valence-electron chi connectivity index (χ2n) is 14.8. The number of ether oxygens (including phenoxy) is 2.